The molecule has 6 heteroatoms. The van der Waals surface area contributed by atoms with E-state index in [0.717, 1.165) is 18.6 Å². The maximum atomic E-state index is 12.5. The molecule has 0 N–H and O–H groups in total. The molecule has 0 saturated heterocycles. The van der Waals surface area contributed by atoms with Gasteiger partial charge in [0.15, 0.2) is 0 Å². The van der Waals surface area contributed by atoms with E-state index >= 15 is 0 Å². The molecule has 2 nitrogen and oxygen atoms in total. The van der Waals surface area contributed by atoms with Crippen LogP contribution in [-0.2, 0) is 6.18 Å². The quantitative estimate of drug-likeness (QED) is 0.788. The molecule has 0 spiro atoms. The van der Waals surface area contributed by atoms with E-state index in [2.05, 4.69) is 20.9 Å². The highest BCUT2D eigenvalue weighted by atomic mass is 79.9. The zero-order valence-electron chi connectivity index (χ0n) is 9.63. The van der Waals surface area contributed by atoms with Gasteiger partial charge in [0.05, 0.1) is 5.56 Å². The van der Waals surface area contributed by atoms with Crippen LogP contribution in [0.25, 0.3) is 0 Å². The van der Waals surface area contributed by atoms with Gasteiger partial charge in [-0.3, -0.25) is 0 Å². The third kappa shape index (κ3) is 4.53. The van der Waals surface area contributed by atoms with Crippen molar-refractivity contribution in [2.24, 2.45) is 0 Å². The van der Waals surface area contributed by atoms with Crippen LogP contribution in [-0.4, -0.2) is 23.4 Å². The fourth-order valence-electron chi connectivity index (χ4n) is 1.29. The standard InChI is InChI=1S/C11H14BrF3N2/c1-8(12)4-6-17(2)10-7-9(3-5-16-10)11(13,14)15/h3,5,7-8H,4,6H2,1-2H3. The van der Waals surface area contributed by atoms with Gasteiger partial charge in [-0.05, 0) is 18.6 Å². The van der Waals surface area contributed by atoms with Gasteiger partial charge < -0.3 is 4.90 Å². The van der Waals surface area contributed by atoms with Crippen molar-refractivity contribution in [1.82, 2.24) is 4.98 Å². The molecule has 1 aromatic heterocycles. The first kappa shape index (κ1) is 14.3. The van der Waals surface area contributed by atoms with E-state index in [1.165, 1.54) is 6.20 Å². The molecule has 0 aromatic carbocycles. The van der Waals surface area contributed by atoms with E-state index in [1.54, 1.807) is 11.9 Å². The highest BCUT2D eigenvalue weighted by molar-refractivity contribution is 9.09. The summed E-state index contributed by atoms with van der Waals surface area (Å²) >= 11 is 3.39. The highest BCUT2D eigenvalue weighted by Gasteiger charge is 2.30. The second-order valence-electron chi connectivity index (χ2n) is 3.89. The Hall–Kier alpha value is -0.780. The lowest BCUT2D eigenvalue weighted by molar-refractivity contribution is -0.137. The van der Waals surface area contributed by atoms with Crippen LogP contribution in [0.4, 0.5) is 19.0 Å². The summed E-state index contributed by atoms with van der Waals surface area (Å²) in [5.74, 6) is 0.341. The molecule has 0 aliphatic heterocycles. The van der Waals surface area contributed by atoms with Crippen molar-refractivity contribution >= 4 is 21.7 Å². The zero-order chi connectivity index (χ0) is 13.1. The molecule has 1 unspecified atom stereocenters. The molecule has 0 aliphatic carbocycles. The van der Waals surface area contributed by atoms with Crippen LogP contribution in [0.1, 0.15) is 18.9 Å². The molecule has 0 fully saturated rings. The lowest BCUT2D eigenvalue weighted by Gasteiger charge is -2.19. The van der Waals surface area contributed by atoms with Gasteiger partial charge in [-0.25, -0.2) is 4.98 Å². The minimum atomic E-state index is -4.32. The summed E-state index contributed by atoms with van der Waals surface area (Å²) in [6.45, 7) is 2.65. The Bertz CT molecular complexity index is 366. The summed E-state index contributed by atoms with van der Waals surface area (Å²) in [6, 6.07) is 2.04. The van der Waals surface area contributed by atoms with Crippen LogP contribution < -0.4 is 4.90 Å². The van der Waals surface area contributed by atoms with Gasteiger partial charge in [-0.15, -0.1) is 0 Å². The molecule has 0 aliphatic rings. The minimum absolute atomic E-state index is 0.329. The SMILES string of the molecule is CC(Br)CCN(C)c1cc(C(F)(F)F)ccn1. The van der Waals surface area contributed by atoms with Gasteiger partial charge in [-0.1, -0.05) is 22.9 Å². The average Bonchev–Trinajstić information content (AvgIpc) is 2.25. The highest BCUT2D eigenvalue weighted by Crippen LogP contribution is 2.30. The maximum absolute atomic E-state index is 12.5. The summed E-state index contributed by atoms with van der Waals surface area (Å²) < 4.78 is 37.5. The Labute approximate surface area is 107 Å². The largest absolute Gasteiger partial charge is 0.416 e. The zero-order valence-corrected chi connectivity index (χ0v) is 11.2. The Morgan fingerprint density at radius 3 is 2.65 bits per heavy atom. The van der Waals surface area contributed by atoms with E-state index in [4.69, 9.17) is 0 Å². The smallest absolute Gasteiger partial charge is 0.360 e. The van der Waals surface area contributed by atoms with Crippen LogP contribution in [0.5, 0.6) is 0 Å². The average molecular weight is 311 g/mol. The van der Waals surface area contributed by atoms with Crippen LogP contribution in [0, 0.1) is 0 Å². The number of nitrogens with zero attached hydrogens (tertiary/aromatic N) is 2. The van der Waals surface area contributed by atoms with E-state index in [0.29, 0.717) is 17.2 Å². The molecule has 0 bridgehead atoms. The number of hydrogen-bond acceptors (Lipinski definition) is 2. The minimum Gasteiger partial charge on any atom is -0.360 e. The van der Waals surface area contributed by atoms with Crippen LogP contribution in [0.3, 0.4) is 0 Å². The summed E-state index contributed by atoms with van der Waals surface area (Å²) in [5, 5.41) is 0. The van der Waals surface area contributed by atoms with E-state index in [-0.39, 0.29) is 0 Å². The summed E-state index contributed by atoms with van der Waals surface area (Å²) in [6.07, 6.45) is -2.29. The van der Waals surface area contributed by atoms with Crippen molar-refractivity contribution in [2.45, 2.75) is 24.3 Å². The second-order valence-corrected chi connectivity index (χ2v) is 5.45. The third-order valence-electron chi connectivity index (χ3n) is 2.33. The molecule has 17 heavy (non-hydrogen) atoms. The number of alkyl halides is 4. The number of halogens is 4. The van der Waals surface area contributed by atoms with E-state index in [9.17, 15) is 13.2 Å². The molecular formula is C11H14BrF3N2. The monoisotopic (exact) mass is 310 g/mol. The number of anilines is 1. The Morgan fingerprint density at radius 2 is 2.12 bits per heavy atom. The number of hydrogen-bond donors (Lipinski definition) is 0. The summed E-state index contributed by atoms with van der Waals surface area (Å²) in [4.78, 5) is 5.99. The van der Waals surface area contributed by atoms with Gasteiger partial charge in [0.25, 0.3) is 0 Å². The number of pyridine rings is 1. The maximum Gasteiger partial charge on any atom is 0.416 e. The molecule has 0 radical (unpaired) electrons. The fourth-order valence-corrected chi connectivity index (χ4v) is 1.49. The van der Waals surface area contributed by atoms with Crippen molar-refractivity contribution in [3.05, 3.63) is 23.9 Å². The topological polar surface area (TPSA) is 16.1 Å². The molecule has 1 rings (SSSR count). The van der Waals surface area contributed by atoms with Crippen molar-refractivity contribution in [2.75, 3.05) is 18.5 Å². The Kier molecular flexibility index (Phi) is 4.80. The van der Waals surface area contributed by atoms with E-state index in [1.807, 2.05) is 6.92 Å². The van der Waals surface area contributed by atoms with Gasteiger partial charge >= 0.3 is 6.18 Å². The first-order valence-corrected chi connectivity index (χ1v) is 6.10. The Balaban J connectivity index is 2.77. The molecule has 96 valence electrons. The van der Waals surface area contributed by atoms with Crippen LogP contribution >= 0.6 is 15.9 Å². The molecule has 0 saturated carbocycles. The van der Waals surface area contributed by atoms with Crippen molar-refractivity contribution in [3.8, 4) is 0 Å². The molecular weight excluding hydrogens is 297 g/mol. The third-order valence-corrected chi connectivity index (χ3v) is 2.78. The number of aromatic nitrogens is 1. The normalized spacial score (nSPS) is 13.5. The van der Waals surface area contributed by atoms with Crippen molar-refractivity contribution in [1.29, 1.82) is 0 Å². The van der Waals surface area contributed by atoms with Crippen LogP contribution in [0.15, 0.2) is 18.3 Å². The fraction of sp³-hybridized carbons (Fsp3) is 0.545. The van der Waals surface area contributed by atoms with Gasteiger partial charge in [-0.2, -0.15) is 13.2 Å². The lowest BCUT2D eigenvalue weighted by Crippen LogP contribution is -2.22. The second kappa shape index (κ2) is 5.71. The predicted octanol–water partition coefficient (Wildman–Crippen LogP) is 3.71. The molecule has 1 heterocycles. The number of rotatable bonds is 4. The predicted molar refractivity (Wildman–Crippen MR) is 65.5 cm³/mol. The molecule has 1 atom stereocenters. The van der Waals surface area contributed by atoms with Gasteiger partial charge in [0.1, 0.15) is 5.82 Å². The van der Waals surface area contributed by atoms with Crippen molar-refractivity contribution < 1.29 is 13.2 Å². The van der Waals surface area contributed by atoms with Gasteiger partial charge in [0, 0.05) is 24.6 Å². The molecule has 0 amide bonds. The first-order valence-electron chi connectivity index (χ1n) is 5.19. The first-order chi connectivity index (χ1) is 7.80. The van der Waals surface area contributed by atoms with Crippen molar-refractivity contribution in [3.63, 3.8) is 0 Å². The van der Waals surface area contributed by atoms with E-state index < -0.39 is 11.7 Å². The summed E-state index contributed by atoms with van der Waals surface area (Å²) in [5.41, 5.74) is -0.666. The van der Waals surface area contributed by atoms with Gasteiger partial charge in [0.2, 0.25) is 0 Å². The Morgan fingerprint density at radius 1 is 1.47 bits per heavy atom. The molecule has 1 aromatic rings. The lowest BCUT2D eigenvalue weighted by atomic mass is 10.2. The van der Waals surface area contributed by atoms with Crippen LogP contribution in [0.2, 0.25) is 0 Å². The summed E-state index contributed by atoms with van der Waals surface area (Å²) in [7, 11) is 1.73.